The number of carbonyl (C=O) groups excluding carboxylic acids is 2. The maximum absolute atomic E-state index is 12.1. The Hall–Kier alpha value is -1.12. The maximum Gasteiger partial charge on any atom is 0.302 e. The van der Waals surface area contributed by atoms with Crippen molar-refractivity contribution in [1.29, 1.82) is 0 Å². The fourth-order valence-electron chi connectivity index (χ4n) is 7.40. The number of esters is 1. The van der Waals surface area contributed by atoms with Gasteiger partial charge in [-0.1, -0.05) is 19.4 Å². The first-order valence-corrected chi connectivity index (χ1v) is 10.2. The zero-order valence-electron chi connectivity index (χ0n) is 16.1. The summed E-state index contributed by atoms with van der Waals surface area (Å²) in [5.74, 6) is 2.80. The minimum absolute atomic E-state index is 0.103. The van der Waals surface area contributed by atoms with Crippen LogP contribution in [0.2, 0.25) is 0 Å². The lowest BCUT2D eigenvalue weighted by molar-refractivity contribution is -0.158. The Balaban J connectivity index is 1.65. The predicted octanol–water partition coefficient (Wildman–Crippen LogP) is 4.70. The zero-order chi connectivity index (χ0) is 18.0. The fraction of sp³-hybridized carbons (Fsp3) is 0.818. The number of ether oxygens (including phenoxy) is 1. The van der Waals surface area contributed by atoms with Gasteiger partial charge in [0.1, 0.15) is 6.10 Å². The first kappa shape index (κ1) is 17.3. The first-order chi connectivity index (χ1) is 11.8. The van der Waals surface area contributed by atoms with Gasteiger partial charge in [-0.3, -0.25) is 9.59 Å². The molecule has 25 heavy (non-hydrogen) atoms. The molecule has 0 spiro atoms. The summed E-state index contributed by atoms with van der Waals surface area (Å²) < 4.78 is 5.74. The van der Waals surface area contributed by atoms with E-state index in [0.717, 1.165) is 25.2 Å². The SMILES string of the molecule is CC(=O)OC1CC[C@H]2[C@@H]3CC[C@H]4CC(=O)C=C(C)[C@]4(C)[C@H]3CC[C@]12C. The second-order valence-corrected chi connectivity index (χ2v) is 9.65. The summed E-state index contributed by atoms with van der Waals surface area (Å²) in [7, 11) is 0. The van der Waals surface area contributed by atoms with Crippen LogP contribution in [0.15, 0.2) is 11.6 Å². The molecule has 0 saturated heterocycles. The molecule has 3 fully saturated rings. The Morgan fingerprint density at radius 1 is 1.12 bits per heavy atom. The molecule has 0 aliphatic heterocycles. The van der Waals surface area contributed by atoms with Crippen molar-refractivity contribution in [2.24, 2.45) is 34.5 Å². The Morgan fingerprint density at radius 3 is 2.60 bits per heavy atom. The van der Waals surface area contributed by atoms with Crippen LogP contribution in [-0.2, 0) is 14.3 Å². The molecule has 3 saturated carbocycles. The molecular weight excluding hydrogens is 312 g/mol. The van der Waals surface area contributed by atoms with Crippen LogP contribution < -0.4 is 0 Å². The van der Waals surface area contributed by atoms with Crippen molar-refractivity contribution in [2.45, 2.75) is 78.7 Å². The van der Waals surface area contributed by atoms with E-state index in [1.165, 1.54) is 31.3 Å². The zero-order valence-corrected chi connectivity index (χ0v) is 16.1. The van der Waals surface area contributed by atoms with Gasteiger partial charge in [-0.2, -0.15) is 0 Å². The standard InChI is InChI=1S/C22H32O3/c1-13-11-16(24)12-15-5-6-17-18-7-8-20(25-14(2)23)21(18,3)10-9-19(17)22(13,15)4/h11,15,17-20H,5-10,12H2,1-4H3/t15-,17-,18-,19-,20?,21-,22-/m0/s1. The van der Waals surface area contributed by atoms with Crippen LogP contribution >= 0.6 is 0 Å². The molecule has 3 nitrogen and oxygen atoms in total. The van der Waals surface area contributed by atoms with Crippen molar-refractivity contribution in [2.75, 3.05) is 0 Å². The van der Waals surface area contributed by atoms with E-state index in [4.69, 9.17) is 4.74 Å². The van der Waals surface area contributed by atoms with Gasteiger partial charge in [-0.15, -0.1) is 0 Å². The van der Waals surface area contributed by atoms with Crippen LogP contribution in [0.3, 0.4) is 0 Å². The molecule has 3 heteroatoms. The van der Waals surface area contributed by atoms with Gasteiger partial charge in [0.15, 0.2) is 5.78 Å². The Morgan fingerprint density at radius 2 is 1.88 bits per heavy atom. The van der Waals surface area contributed by atoms with Crippen molar-refractivity contribution >= 4 is 11.8 Å². The molecule has 4 aliphatic rings. The second-order valence-electron chi connectivity index (χ2n) is 9.65. The van der Waals surface area contributed by atoms with E-state index in [1.807, 2.05) is 6.08 Å². The molecular formula is C22H32O3. The van der Waals surface area contributed by atoms with Crippen molar-refractivity contribution in [1.82, 2.24) is 0 Å². The summed E-state index contributed by atoms with van der Waals surface area (Å²) in [6.45, 7) is 8.54. The van der Waals surface area contributed by atoms with E-state index >= 15 is 0 Å². The summed E-state index contributed by atoms with van der Waals surface area (Å²) in [5, 5.41) is 0. The lowest BCUT2D eigenvalue weighted by Crippen LogP contribution is -2.54. The van der Waals surface area contributed by atoms with E-state index in [2.05, 4.69) is 20.8 Å². The van der Waals surface area contributed by atoms with Gasteiger partial charge in [0.25, 0.3) is 0 Å². The van der Waals surface area contributed by atoms with Crippen molar-refractivity contribution in [3.8, 4) is 0 Å². The number of rotatable bonds is 1. The van der Waals surface area contributed by atoms with E-state index < -0.39 is 0 Å². The summed E-state index contributed by atoms with van der Waals surface area (Å²) in [4.78, 5) is 23.6. The lowest BCUT2D eigenvalue weighted by atomic mass is 9.45. The monoisotopic (exact) mass is 344 g/mol. The topological polar surface area (TPSA) is 43.4 Å². The number of allylic oxidation sites excluding steroid dienone is 2. The fourth-order valence-corrected chi connectivity index (χ4v) is 7.40. The van der Waals surface area contributed by atoms with E-state index in [1.54, 1.807) is 6.92 Å². The number of fused-ring (bicyclic) bond motifs is 5. The van der Waals surface area contributed by atoms with Crippen molar-refractivity contribution in [3.63, 3.8) is 0 Å². The Bertz CT molecular complexity index is 635. The minimum atomic E-state index is -0.130. The van der Waals surface area contributed by atoms with Gasteiger partial charge in [0.2, 0.25) is 0 Å². The van der Waals surface area contributed by atoms with Crippen LogP contribution in [0.1, 0.15) is 72.6 Å². The molecule has 1 unspecified atom stereocenters. The highest BCUT2D eigenvalue weighted by Crippen LogP contribution is 2.66. The van der Waals surface area contributed by atoms with Crippen LogP contribution in [0.25, 0.3) is 0 Å². The minimum Gasteiger partial charge on any atom is -0.462 e. The predicted molar refractivity (Wildman–Crippen MR) is 96.8 cm³/mol. The van der Waals surface area contributed by atoms with Gasteiger partial charge in [0.05, 0.1) is 0 Å². The average Bonchev–Trinajstić information content (AvgIpc) is 2.85. The number of hydrogen-bond acceptors (Lipinski definition) is 3. The van der Waals surface area contributed by atoms with Crippen LogP contribution in [0, 0.1) is 34.5 Å². The van der Waals surface area contributed by atoms with Gasteiger partial charge < -0.3 is 4.74 Å². The van der Waals surface area contributed by atoms with E-state index in [0.29, 0.717) is 23.5 Å². The lowest BCUT2D eigenvalue weighted by Gasteiger charge is -2.60. The van der Waals surface area contributed by atoms with Crippen LogP contribution in [0.5, 0.6) is 0 Å². The number of carbonyl (C=O) groups is 2. The van der Waals surface area contributed by atoms with E-state index in [9.17, 15) is 9.59 Å². The van der Waals surface area contributed by atoms with Crippen molar-refractivity contribution < 1.29 is 14.3 Å². The van der Waals surface area contributed by atoms with Gasteiger partial charge in [-0.25, -0.2) is 0 Å². The molecule has 0 aromatic heterocycles. The third-order valence-electron chi connectivity index (χ3n) is 8.80. The highest BCUT2D eigenvalue weighted by atomic mass is 16.5. The average molecular weight is 344 g/mol. The summed E-state index contributed by atoms with van der Waals surface area (Å²) >= 11 is 0. The molecule has 138 valence electrons. The molecule has 0 aromatic carbocycles. The molecule has 0 bridgehead atoms. The normalized spacial score (nSPS) is 48.9. The molecule has 4 aliphatic carbocycles. The Kier molecular flexibility index (Phi) is 3.94. The number of ketones is 1. The molecule has 0 heterocycles. The number of hydrogen-bond donors (Lipinski definition) is 0. The van der Waals surface area contributed by atoms with E-state index in [-0.39, 0.29) is 22.9 Å². The third-order valence-corrected chi connectivity index (χ3v) is 8.80. The maximum atomic E-state index is 12.1. The Labute approximate surface area is 151 Å². The smallest absolute Gasteiger partial charge is 0.302 e. The highest BCUT2D eigenvalue weighted by molar-refractivity contribution is 5.91. The quantitative estimate of drug-likeness (QED) is 0.648. The highest BCUT2D eigenvalue weighted by Gasteiger charge is 2.61. The molecule has 4 rings (SSSR count). The van der Waals surface area contributed by atoms with Gasteiger partial charge in [-0.05, 0) is 80.6 Å². The largest absolute Gasteiger partial charge is 0.462 e. The molecule has 0 aromatic rings. The van der Waals surface area contributed by atoms with Crippen LogP contribution in [-0.4, -0.2) is 17.9 Å². The third kappa shape index (κ3) is 2.37. The summed E-state index contributed by atoms with van der Waals surface area (Å²) in [6, 6.07) is 0. The van der Waals surface area contributed by atoms with Gasteiger partial charge >= 0.3 is 5.97 Å². The molecule has 0 amide bonds. The second kappa shape index (κ2) is 5.69. The molecule has 7 atom stereocenters. The molecule has 0 N–H and O–H groups in total. The molecule has 0 radical (unpaired) electrons. The van der Waals surface area contributed by atoms with Gasteiger partial charge in [0, 0.05) is 18.8 Å². The first-order valence-electron chi connectivity index (χ1n) is 10.2. The summed E-state index contributed by atoms with van der Waals surface area (Å²) in [6.07, 6.45) is 9.79. The van der Waals surface area contributed by atoms with Crippen LogP contribution in [0.4, 0.5) is 0 Å². The summed E-state index contributed by atoms with van der Waals surface area (Å²) in [5.41, 5.74) is 1.66. The van der Waals surface area contributed by atoms with Crippen molar-refractivity contribution in [3.05, 3.63) is 11.6 Å².